The first-order valence-corrected chi connectivity index (χ1v) is 4.11. The van der Waals surface area contributed by atoms with Crippen molar-refractivity contribution in [2.24, 2.45) is 5.73 Å². The zero-order chi connectivity index (χ0) is 7.68. The Balaban J connectivity index is 2.16. The minimum Gasteiger partial charge on any atom is -0.333 e. The van der Waals surface area contributed by atoms with Gasteiger partial charge in [-0.1, -0.05) is 0 Å². The van der Waals surface area contributed by atoms with Crippen LogP contribution in [0.25, 0.3) is 0 Å². The lowest BCUT2D eigenvalue weighted by atomic mass is 10.2. The normalized spacial score (nSPS) is 31.0. The summed E-state index contributed by atoms with van der Waals surface area (Å²) in [4.78, 5) is 4.01. The van der Waals surface area contributed by atoms with Gasteiger partial charge in [-0.15, -0.1) is 0 Å². The number of imidazole rings is 1. The van der Waals surface area contributed by atoms with Crippen molar-refractivity contribution < 1.29 is 0 Å². The van der Waals surface area contributed by atoms with Crippen LogP contribution in [0.15, 0.2) is 18.7 Å². The molecule has 2 atom stereocenters. The Morgan fingerprint density at radius 2 is 2.36 bits per heavy atom. The summed E-state index contributed by atoms with van der Waals surface area (Å²) in [7, 11) is 0. The van der Waals surface area contributed by atoms with E-state index in [0.717, 1.165) is 6.42 Å². The van der Waals surface area contributed by atoms with Crippen molar-refractivity contribution in [1.29, 1.82) is 0 Å². The largest absolute Gasteiger partial charge is 0.333 e. The number of nitrogens with two attached hydrogens (primary N) is 1. The molecule has 0 aromatic carbocycles. The third-order valence-corrected chi connectivity index (χ3v) is 2.44. The van der Waals surface area contributed by atoms with Crippen LogP contribution in [0.4, 0.5) is 0 Å². The maximum absolute atomic E-state index is 5.92. The molecular weight excluding hydrogens is 138 g/mol. The first kappa shape index (κ1) is 6.85. The van der Waals surface area contributed by atoms with E-state index in [1.54, 1.807) is 0 Å². The van der Waals surface area contributed by atoms with Gasteiger partial charge in [0, 0.05) is 24.5 Å². The Kier molecular flexibility index (Phi) is 1.66. The molecule has 1 saturated carbocycles. The predicted molar refractivity (Wildman–Crippen MR) is 43.1 cm³/mol. The molecule has 2 rings (SSSR count). The van der Waals surface area contributed by atoms with Gasteiger partial charge in [0.2, 0.25) is 0 Å². The fourth-order valence-electron chi connectivity index (χ4n) is 1.80. The number of hydrogen-bond acceptors (Lipinski definition) is 2. The van der Waals surface area contributed by atoms with Crippen molar-refractivity contribution >= 4 is 0 Å². The molecule has 1 fully saturated rings. The first-order chi connectivity index (χ1) is 5.38. The molecule has 0 unspecified atom stereocenters. The van der Waals surface area contributed by atoms with E-state index in [0.29, 0.717) is 12.1 Å². The van der Waals surface area contributed by atoms with Gasteiger partial charge in [0.15, 0.2) is 0 Å². The van der Waals surface area contributed by atoms with Crippen LogP contribution in [-0.2, 0) is 0 Å². The Morgan fingerprint density at radius 3 is 2.91 bits per heavy atom. The van der Waals surface area contributed by atoms with Gasteiger partial charge in [-0.25, -0.2) is 4.98 Å². The van der Waals surface area contributed by atoms with Crippen molar-refractivity contribution in [1.82, 2.24) is 9.55 Å². The quantitative estimate of drug-likeness (QED) is 0.649. The van der Waals surface area contributed by atoms with E-state index in [9.17, 15) is 0 Å². The highest BCUT2D eigenvalue weighted by Crippen LogP contribution is 2.27. The highest BCUT2D eigenvalue weighted by molar-refractivity contribution is 4.89. The molecule has 1 aliphatic rings. The molecule has 60 valence electrons. The van der Waals surface area contributed by atoms with Gasteiger partial charge in [-0.2, -0.15) is 0 Å². The van der Waals surface area contributed by atoms with Crippen molar-refractivity contribution in [3.8, 4) is 0 Å². The fourth-order valence-corrected chi connectivity index (χ4v) is 1.80. The summed E-state index contributed by atoms with van der Waals surface area (Å²) in [6, 6.07) is 0.835. The second-order valence-electron chi connectivity index (χ2n) is 3.17. The highest BCUT2D eigenvalue weighted by Gasteiger charge is 2.24. The summed E-state index contributed by atoms with van der Waals surface area (Å²) in [6.45, 7) is 0. The Labute approximate surface area is 66.2 Å². The Bertz CT molecular complexity index is 217. The molecule has 0 spiro atoms. The topological polar surface area (TPSA) is 43.8 Å². The van der Waals surface area contributed by atoms with Gasteiger partial charge >= 0.3 is 0 Å². The average Bonchev–Trinajstić information content (AvgIpc) is 2.55. The van der Waals surface area contributed by atoms with Crippen molar-refractivity contribution in [3.05, 3.63) is 18.7 Å². The summed E-state index contributed by atoms with van der Waals surface area (Å²) in [5.74, 6) is 0. The summed E-state index contributed by atoms with van der Waals surface area (Å²) < 4.78 is 2.12. The summed E-state index contributed by atoms with van der Waals surface area (Å²) in [6.07, 6.45) is 9.28. The zero-order valence-electron chi connectivity index (χ0n) is 6.48. The van der Waals surface area contributed by atoms with Gasteiger partial charge in [0.05, 0.1) is 6.33 Å². The van der Waals surface area contributed by atoms with Crippen LogP contribution in [-0.4, -0.2) is 15.6 Å². The monoisotopic (exact) mass is 151 g/mol. The van der Waals surface area contributed by atoms with Crippen LogP contribution in [0.2, 0.25) is 0 Å². The van der Waals surface area contributed by atoms with Crippen LogP contribution in [0.1, 0.15) is 25.3 Å². The van der Waals surface area contributed by atoms with E-state index in [4.69, 9.17) is 5.73 Å². The van der Waals surface area contributed by atoms with Crippen molar-refractivity contribution in [2.45, 2.75) is 31.3 Å². The average molecular weight is 151 g/mol. The lowest BCUT2D eigenvalue weighted by molar-refractivity contribution is 0.462. The third kappa shape index (κ3) is 1.16. The summed E-state index contributed by atoms with van der Waals surface area (Å²) >= 11 is 0. The summed E-state index contributed by atoms with van der Waals surface area (Å²) in [5.41, 5.74) is 5.92. The second-order valence-corrected chi connectivity index (χ2v) is 3.17. The third-order valence-electron chi connectivity index (χ3n) is 2.44. The second kappa shape index (κ2) is 2.66. The minimum atomic E-state index is 0.337. The summed E-state index contributed by atoms with van der Waals surface area (Å²) in [5, 5.41) is 0. The number of nitrogens with zero attached hydrogens (tertiary/aromatic N) is 2. The fraction of sp³-hybridized carbons (Fsp3) is 0.625. The molecule has 3 heteroatoms. The molecule has 0 saturated heterocycles. The van der Waals surface area contributed by atoms with Crippen LogP contribution in [0.3, 0.4) is 0 Å². The number of rotatable bonds is 1. The van der Waals surface area contributed by atoms with E-state index in [1.165, 1.54) is 12.8 Å². The van der Waals surface area contributed by atoms with Crippen LogP contribution >= 0.6 is 0 Å². The highest BCUT2D eigenvalue weighted by atomic mass is 15.1. The predicted octanol–water partition coefficient (Wildman–Crippen LogP) is 0.935. The molecule has 11 heavy (non-hydrogen) atoms. The first-order valence-electron chi connectivity index (χ1n) is 4.11. The SMILES string of the molecule is N[C@@H]1CCC[C@H]1n1ccnc1. The maximum atomic E-state index is 5.92. The van der Waals surface area contributed by atoms with E-state index in [2.05, 4.69) is 9.55 Å². The standard InChI is InChI=1S/C8H13N3/c9-7-2-1-3-8(7)11-5-4-10-6-11/h4-8H,1-3,9H2/t7-,8-/m1/s1. The molecule has 1 aliphatic carbocycles. The van der Waals surface area contributed by atoms with Gasteiger partial charge in [0.25, 0.3) is 0 Å². The molecule has 1 heterocycles. The molecule has 0 radical (unpaired) electrons. The van der Waals surface area contributed by atoms with Gasteiger partial charge < -0.3 is 10.3 Å². The molecular formula is C8H13N3. The van der Waals surface area contributed by atoms with Crippen LogP contribution < -0.4 is 5.73 Å². The van der Waals surface area contributed by atoms with E-state index in [-0.39, 0.29) is 0 Å². The zero-order valence-corrected chi connectivity index (χ0v) is 6.48. The lowest BCUT2D eigenvalue weighted by Gasteiger charge is -2.15. The minimum absolute atomic E-state index is 0.337. The van der Waals surface area contributed by atoms with E-state index in [1.807, 2.05) is 18.7 Å². The van der Waals surface area contributed by atoms with Crippen molar-refractivity contribution in [3.63, 3.8) is 0 Å². The van der Waals surface area contributed by atoms with Gasteiger partial charge in [-0.3, -0.25) is 0 Å². The van der Waals surface area contributed by atoms with Gasteiger partial charge in [-0.05, 0) is 19.3 Å². The Morgan fingerprint density at radius 1 is 1.45 bits per heavy atom. The molecule has 3 nitrogen and oxygen atoms in total. The number of hydrogen-bond donors (Lipinski definition) is 1. The van der Waals surface area contributed by atoms with Crippen LogP contribution in [0.5, 0.6) is 0 Å². The molecule has 0 bridgehead atoms. The molecule has 0 amide bonds. The molecule has 2 N–H and O–H groups in total. The molecule has 1 aromatic rings. The van der Waals surface area contributed by atoms with E-state index >= 15 is 0 Å². The smallest absolute Gasteiger partial charge is 0.0949 e. The number of aromatic nitrogens is 2. The maximum Gasteiger partial charge on any atom is 0.0949 e. The van der Waals surface area contributed by atoms with Crippen molar-refractivity contribution in [2.75, 3.05) is 0 Å². The Hall–Kier alpha value is -0.830. The molecule has 0 aliphatic heterocycles. The van der Waals surface area contributed by atoms with E-state index < -0.39 is 0 Å². The van der Waals surface area contributed by atoms with Gasteiger partial charge in [0.1, 0.15) is 0 Å². The lowest BCUT2D eigenvalue weighted by Crippen LogP contribution is -2.26. The molecule has 1 aromatic heterocycles. The van der Waals surface area contributed by atoms with Crippen LogP contribution in [0, 0.1) is 0 Å².